The third-order valence-corrected chi connectivity index (χ3v) is 3.10. The number of aromatic carboxylic acids is 1. The fraction of sp³-hybridized carbons (Fsp3) is 0.125. The van der Waals surface area contributed by atoms with Gasteiger partial charge in [-0.25, -0.2) is 4.79 Å². The molecule has 0 aliphatic rings. The normalized spacial score (nSPS) is 11.1. The van der Waals surface area contributed by atoms with Gasteiger partial charge in [0.2, 0.25) is 0 Å². The molecule has 0 spiro atoms. The predicted octanol–water partition coefficient (Wildman–Crippen LogP) is 3.33. The summed E-state index contributed by atoms with van der Waals surface area (Å²) in [7, 11) is 0. The summed E-state index contributed by atoms with van der Waals surface area (Å²) in [4.78, 5) is 22.7. The lowest BCUT2D eigenvalue weighted by Gasteiger charge is -2.09. The van der Waals surface area contributed by atoms with Gasteiger partial charge < -0.3 is 10.4 Å². The molecule has 7 heteroatoms. The highest BCUT2D eigenvalue weighted by atomic mass is 19.4. The van der Waals surface area contributed by atoms with Crippen LogP contribution >= 0.6 is 0 Å². The smallest absolute Gasteiger partial charge is 0.416 e. The second-order valence-corrected chi connectivity index (χ2v) is 4.76. The monoisotopic (exact) mass is 323 g/mol. The molecule has 0 heterocycles. The summed E-state index contributed by atoms with van der Waals surface area (Å²) in [5, 5.41) is 11.4. The summed E-state index contributed by atoms with van der Waals surface area (Å²) in [6.07, 6.45) is -4.45. The highest BCUT2D eigenvalue weighted by molar-refractivity contribution is 5.94. The zero-order chi connectivity index (χ0) is 17.0. The minimum atomic E-state index is -4.45. The van der Waals surface area contributed by atoms with Gasteiger partial charge in [0, 0.05) is 12.1 Å². The maximum atomic E-state index is 12.4. The average molecular weight is 323 g/mol. The van der Waals surface area contributed by atoms with Crippen molar-refractivity contribution in [1.82, 2.24) is 5.32 Å². The number of benzene rings is 2. The number of carbonyl (C=O) groups excluding carboxylic acids is 1. The number of alkyl halides is 3. The number of carboxylic acids is 1. The Morgan fingerprint density at radius 3 is 2.22 bits per heavy atom. The molecule has 120 valence electrons. The maximum Gasteiger partial charge on any atom is 0.416 e. The quantitative estimate of drug-likeness (QED) is 0.907. The van der Waals surface area contributed by atoms with Gasteiger partial charge in [-0.05, 0) is 42.0 Å². The molecule has 0 radical (unpaired) electrons. The van der Waals surface area contributed by atoms with Crippen LogP contribution in [0.5, 0.6) is 0 Å². The van der Waals surface area contributed by atoms with Crippen LogP contribution in [0.4, 0.5) is 13.2 Å². The minimum Gasteiger partial charge on any atom is -0.478 e. The van der Waals surface area contributed by atoms with Gasteiger partial charge in [0.25, 0.3) is 5.91 Å². The van der Waals surface area contributed by atoms with Gasteiger partial charge in [0.05, 0.1) is 11.1 Å². The third-order valence-electron chi connectivity index (χ3n) is 3.10. The van der Waals surface area contributed by atoms with Crippen molar-refractivity contribution in [2.45, 2.75) is 12.7 Å². The Kier molecular flexibility index (Phi) is 4.68. The van der Waals surface area contributed by atoms with Crippen LogP contribution in [0.3, 0.4) is 0 Å². The van der Waals surface area contributed by atoms with Crippen LogP contribution < -0.4 is 5.32 Å². The highest BCUT2D eigenvalue weighted by Gasteiger charge is 2.30. The molecule has 0 saturated carbocycles. The lowest BCUT2D eigenvalue weighted by molar-refractivity contribution is -0.137. The van der Waals surface area contributed by atoms with Gasteiger partial charge in [0.1, 0.15) is 0 Å². The zero-order valence-electron chi connectivity index (χ0n) is 11.7. The van der Waals surface area contributed by atoms with Crippen LogP contribution in [0.2, 0.25) is 0 Å². The maximum absolute atomic E-state index is 12.4. The number of hydrogen-bond acceptors (Lipinski definition) is 2. The van der Waals surface area contributed by atoms with Gasteiger partial charge in [-0.15, -0.1) is 0 Å². The van der Waals surface area contributed by atoms with Crippen LogP contribution in [-0.4, -0.2) is 17.0 Å². The summed E-state index contributed by atoms with van der Waals surface area (Å²) in [5.41, 5.74) is -0.0768. The van der Waals surface area contributed by atoms with Crippen LogP contribution in [0.25, 0.3) is 0 Å². The van der Waals surface area contributed by atoms with Crippen LogP contribution in [0.1, 0.15) is 31.8 Å². The van der Waals surface area contributed by atoms with E-state index >= 15 is 0 Å². The topological polar surface area (TPSA) is 66.4 Å². The van der Waals surface area contributed by atoms with E-state index in [2.05, 4.69) is 5.32 Å². The Hall–Kier alpha value is -2.83. The number of nitrogens with one attached hydrogen (secondary N) is 1. The average Bonchev–Trinajstić information content (AvgIpc) is 2.52. The first-order chi connectivity index (χ1) is 10.8. The molecular weight excluding hydrogens is 311 g/mol. The SMILES string of the molecule is O=C(O)c1cccc(CNC(=O)c2ccc(C(F)(F)F)cc2)c1. The van der Waals surface area contributed by atoms with Crippen molar-refractivity contribution in [3.63, 3.8) is 0 Å². The standard InChI is InChI=1S/C16H12F3NO3/c17-16(18,19)13-6-4-11(5-7-13)14(21)20-9-10-2-1-3-12(8-10)15(22)23/h1-8H,9H2,(H,20,21)(H,22,23). The molecule has 0 saturated heterocycles. The summed E-state index contributed by atoms with van der Waals surface area (Å²) in [5.74, 6) is -1.62. The fourth-order valence-electron chi connectivity index (χ4n) is 1.91. The molecule has 2 aromatic rings. The van der Waals surface area contributed by atoms with Crippen molar-refractivity contribution in [2.24, 2.45) is 0 Å². The van der Waals surface area contributed by atoms with E-state index in [1.54, 1.807) is 12.1 Å². The van der Waals surface area contributed by atoms with E-state index in [1.165, 1.54) is 12.1 Å². The van der Waals surface area contributed by atoms with Crippen molar-refractivity contribution < 1.29 is 27.9 Å². The van der Waals surface area contributed by atoms with Gasteiger partial charge >= 0.3 is 12.1 Å². The predicted molar refractivity (Wildman–Crippen MR) is 76.0 cm³/mol. The molecule has 2 rings (SSSR count). The molecule has 0 fully saturated rings. The summed E-state index contributed by atoms with van der Waals surface area (Å²) >= 11 is 0. The van der Waals surface area contributed by atoms with Crippen molar-refractivity contribution in [2.75, 3.05) is 0 Å². The molecule has 1 amide bonds. The molecular formula is C16H12F3NO3. The van der Waals surface area contributed by atoms with Crippen molar-refractivity contribution in [3.05, 3.63) is 70.8 Å². The molecule has 0 aliphatic heterocycles. The lowest BCUT2D eigenvalue weighted by Crippen LogP contribution is -2.23. The van der Waals surface area contributed by atoms with Crippen molar-refractivity contribution >= 4 is 11.9 Å². The van der Waals surface area contributed by atoms with Crippen LogP contribution in [-0.2, 0) is 12.7 Å². The van der Waals surface area contributed by atoms with Crippen LogP contribution in [0, 0.1) is 0 Å². The molecule has 2 N–H and O–H groups in total. The number of rotatable bonds is 4. The van der Waals surface area contributed by atoms with E-state index < -0.39 is 23.6 Å². The second kappa shape index (κ2) is 6.51. The molecule has 0 unspecified atom stereocenters. The first-order valence-corrected chi connectivity index (χ1v) is 6.55. The van der Waals surface area contributed by atoms with Gasteiger partial charge in [-0.1, -0.05) is 12.1 Å². The molecule has 0 atom stereocenters. The van der Waals surface area contributed by atoms with E-state index in [0.717, 1.165) is 24.3 Å². The van der Waals surface area contributed by atoms with Gasteiger partial charge in [-0.3, -0.25) is 4.79 Å². The van der Waals surface area contributed by atoms with E-state index in [0.29, 0.717) is 5.56 Å². The summed E-state index contributed by atoms with van der Waals surface area (Å²) in [6, 6.07) is 9.86. The number of hydrogen-bond donors (Lipinski definition) is 2. The summed E-state index contributed by atoms with van der Waals surface area (Å²) in [6.45, 7) is 0.0704. The number of carbonyl (C=O) groups is 2. The Bertz CT molecular complexity index is 724. The van der Waals surface area contributed by atoms with Crippen molar-refractivity contribution in [3.8, 4) is 0 Å². The molecule has 23 heavy (non-hydrogen) atoms. The summed E-state index contributed by atoms with van der Waals surface area (Å²) < 4.78 is 37.3. The Labute approximate surface area is 129 Å². The zero-order valence-corrected chi connectivity index (χ0v) is 11.7. The highest BCUT2D eigenvalue weighted by Crippen LogP contribution is 2.29. The van der Waals surface area contributed by atoms with E-state index in [4.69, 9.17) is 5.11 Å². The number of amides is 1. The largest absolute Gasteiger partial charge is 0.478 e. The third kappa shape index (κ3) is 4.32. The molecule has 0 bridgehead atoms. The molecule has 4 nitrogen and oxygen atoms in total. The second-order valence-electron chi connectivity index (χ2n) is 4.76. The molecule has 0 aromatic heterocycles. The van der Waals surface area contributed by atoms with Crippen molar-refractivity contribution in [1.29, 1.82) is 0 Å². The number of carboxylic acid groups (broad SMARTS) is 1. The van der Waals surface area contributed by atoms with Gasteiger partial charge in [0.15, 0.2) is 0 Å². The Morgan fingerprint density at radius 2 is 1.65 bits per heavy atom. The fourth-order valence-corrected chi connectivity index (χ4v) is 1.91. The van der Waals surface area contributed by atoms with E-state index in [1.807, 2.05) is 0 Å². The Morgan fingerprint density at radius 1 is 1.00 bits per heavy atom. The first kappa shape index (κ1) is 16.5. The van der Waals surface area contributed by atoms with Crippen LogP contribution in [0.15, 0.2) is 48.5 Å². The van der Waals surface area contributed by atoms with Gasteiger partial charge in [-0.2, -0.15) is 13.2 Å². The van der Waals surface area contributed by atoms with E-state index in [9.17, 15) is 22.8 Å². The van der Waals surface area contributed by atoms with E-state index in [-0.39, 0.29) is 17.7 Å². The lowest BCUT2D eigenvalue weighted by atomic mass is 10.1. The minimum absolute atomic E-state index is 0.0704. The molecule has 0 aliphatic carbocycles. The molecule has 2 aromatic carbocycles. The number of halogens is 3. The Balaban J connectivity index is 2.02. The first-order valence-electron chi connectivity index (χ1n) is 6.55.